The number of nitrogens with zero attached hydrogens (tertiary/aromatic N) is 2. The zero-order valence-electron chi connectivity index (χ0n) is 30.6. The van der Waals surface area contributed by atoms with Gasteiger partial charge in [-0.3, -0.25) is 24.1 Å². The first kappa shape index (κ1) is 48.4. The second kappa shape index (κ2) is 31.6. The second-order valence-corrected chi connectivity index (χ2v) is 11.8. The molecule has 4 rings (SSSR count). The fourth-order valence-electron chi connectivity index (χ4n) is 4.68. The van der Waals surface area contributed by atoms with Crippen molar-refractivity contribution >= 4 is 37.5 Å². The van der Waals surface area contributed by atoms with Crippen LogP contribution in [0.2, 0.25) is 0 Å². The first-order valence-electron chi connectivity index (χ1n) is 16.8. The zero-order valence-corrected chi connectivity index (χ0v) is 30.6. The van der Waals surface area contributed by atoms with E-state index in [1.807, 2.05) is 47.5 Å². The third kappa shape index (κ3) is 22.5. The van der Waals surface area contributed by atoms with Gasteiger partial charge in [-0.2, -0.15) is 0 Å². The lowest BCUT2D eigenvalue weighted by molar-refractivity contribution is -0.148. The lowest BCUT2D eigenvalue weighted by Gasteiger charge is -2.23. The Morgan fingerprint density at radius 3 is 1.60 bits per heavy atom. The van der Waals surface area contributed by atoms with Gasteiger partial charge in [-0.1, -0.05) is 102 Å². The number of hydrogen-bond donors (Lipinski definition) is 1. The highest BCUT2D eigenvalue weighted by Gasteiger charge is 2.34. The first-order valence-corrected chi connectivity index (χ1v) is 16.8. The van der Waals surface area contributed by atoms with Gasteiger partial charge in [0.25, 0.3) is 12.4 Å². The van der Waals surface area contributed by atoms with E-state index in [0.717, 1.165) is 45.3 Å². The number of unbranched alkanes of at least 4 members (excludes halogenated alkanes) is 1. The monoisotopic (exact) mass is 670 g/mol. The summed E-state index contributed by atoms with van der Waals surface area (Å²) in [5.41, 5.74) is 2.37. The predicted molar refractivity (Wildman–Crippen MR) is 195 cm³/mol. The van der Waals surface area contributed by atoms with Crippen LogP contribution in [-0.4, -0.2) is 85.2 Å². The fraction of sp³-hybridized carbons (Fsp3) is 0.538. The van der Waals surface area contributed by atoms with E-state index < -0.39 is 5.41 Å². The van der Waals surface area contributed by atoms with E-state index in [4.69, 9.17) is 19.5 Å². The molecule has 0 aromatic heterocycles. The highest BCUT2D eigenvalue weighted by molar-refractivity contribution is 6.37. The molecule has 1 atom stereocenters. The minimum atomic E-state index is -0.500. The van der Waals surface area contributed by atoms with Gasteiger partial charge in [0, 0.05) is 18.5 Å². The van der Waals surface area contributed by atoms with Gasteiger partial charge in [-0.15, -0.1) is 0 Å². The van der Waals surface area contributed by atoms with Gasteiger partial charge < -0.3 is 19.6 Å². The van der Waals surface area contributed by atoms with Crippen LogP contribution in [0, 0.1) is 5.41 Å². The molecule has 2 aliphatic heterocycles. The van der Waals surface area contributed by atoms with Gasteiger partial charge in [0.2, 0.25) is 5.78 Å². The van der Waals surface area contributed by atoms with Gasteiger partial charge in [-0.05, 0) is 83.0 Å². The predicted octanol–water partition coefficient (Wildman–Crippen LogP) is 6.89. The summed E-state index contributed by atoms with van der Waals surface area (Å²) in [4.78, 5) is 62.5. The average molecular weight is 671 g/mol. The summed E-state index contributed by atoms with van der Waals surface area (Å²) in [7, 11) is 2.01. The molecule has 0 aliphatic carbocycles. The van der Waals surface area contributed by atoms with Crippen molar-refractivity contribution in [2.45, 2.75) is 105 Å². The first-order chi connectivity index (χ1) is 23.0. The standard InChI is InChI=1S/C11H19NO2.C10H14.C8H10.C7H13NO.CH2O2.2CH2O/c1-4-11(2,3)9(13)10(14)12-7-5-6-8-12;1-2-3-7-10-8-5-4-6-9-10;1-2-8-6-4-3-5-7-8;1-6(9)7-4-3-5-8(7)2;2-1-3;2*1-2/h4-8H2,1-3H3;4-6,8-9H,2-3,7H2,1H3;3-7H,2H2,1H3;7H,3-5H2,1-2H3;1H,(H,2,3);2*1H2/t;;;7-;;;/m...0.../s1. The van der Waals surface area contributed by atoms with Crippen molar-refractivity contribution in [3.05, 3.63) is 71.8 Å². The number of rotatable bonds is 8. The maximum Gasteiger partial charge on any atom is 0.290 e. The van der Waals surface area contributed by atoms with Gasteiger partial charge in [0.1, 0.15) is 19.4 Å². The SMILES string of the molecule is C=O.C=O.CC(=O)[C@@H]1CCCN1C.CCC(C)(C)C(=O)C(=O)N1CCCC1.CCCCc1ccccc1.CCc1ccccc1.O=CO. The largest absolute Gasteiger partial charge is 0.483 e. The quantitative estimate of drug-likeness (QED) is 0.237. The van der Waals surface area contributed by atoms with E-state index in [1.54, 1.807) is 11.8 Å². The fourth-order valence-corrected chi connectivity index (χ4v) is 4.68. The molecule has 0 radical (unpaired) electrons. The number of amides is 1. The third-order valence-electron chi connectivity index (χ3n) is 7.99. The molecule has 9 heteroatoms. The Kier molecular flexibility index (Phi) is 31.9. The second-order valence-electron chi connectivity index (χ2n) is 11.8. The highest BCUT2D eigenvalue weighted by atomic mass is 16.3. The van der Waals surface area contributed by atoms with E-state index in [0.29, 0.717) is 12.2 Å². The van der Waals surface area contributed by atoms with E-state index in [-0.39, 0.29) is 24.2 Å². The average Bonchev–Trinajstić information content (AvgIpc) is 3.83. The Morgan fingerprint density at radius 2 is 1.29 bits per heavy atom. The number of carboxylic acid groups (broad SMARTS) is 1. The van der Waals surface area contributed by atoms with Crippen molar-refractivity contribution in [1.82, 2.24) is 9.80 Å². The molecule has 0 spiro atoms. The van der Waals surface area contributed by atoms with E-state index in [1.165, 1.54) is 36.8 Å². The molecular weight excluding hydrogens is 608 g/mol. The molecule has 1 N–H and O–H groups in total. The molecule has 0 unspecified atom stereocenters. The number of hydrogen-bond acceptors (Lipinski definition) is 7. The van der Waals surface area contributed by atoms with Crippen molar-refractivity contribution < 1.29 is 33.9 Å². The van der Waals surface area contributed by atoms with Crippen LogP contribution in [0.4, 0.5) is 0 Å². The number of ketones is 2. The van der Waals surface area contributed by atoms with Gasteiger partial charge >= 0.3 is 0 Å². The summed E-state index contributed by atoms with van der Waals surface area (Å²) in [6.07, 6.45) is 9.99. The molecule has 0 saturated carbocycles. The molecule has 2 aliphatic rings. The number of carbonyl (C=O) groups is 6. The molecule has 1 amide bonds. The topological polar surface area (TPSA) is 129 Å². The number of aryl methyl sites for hydroxylation is 2. The molecule has 0 bridgehead atoms. The maximum absolute atomic E-state index is 11.8. The number of carbonyl (C=O) groups excluding carboxylic acids is 5. The van der Waals surface area contributed by atoms with E-state index in [2.05, 4.69) is 73.3 Å². The molecule has 2 fully saturated rings. The summed E-state index contributed by atoms with van der Waals surface area (Å²) < 4.78 is 0. The summed E-state index contributed by atoms with van der Waals surface area (Å²) in [5.74, 6) is -0.203. The summed E-state index contributed by atoms with van der Waals surface area (Å²) >= 11 is 0. The van der Waals surface area contributed by atoms with Gasteiger partial charge in [0.05, 0.1) is 6.04 Å². The van der Waals surface area contributed by atoms with Crippen molar-refractivity contribution in [3.8, 4) is 0 Å². The Balaban J connectivity index is -0.000000537. The smallest absolute Gasteiger partial charge is 0.290 e. The zero-order chi connectivity index (χ0) is 37.4. The maximum atomic E-state index is 11.8. The molecule has 2 aromatic rings. The minimum absolute atomic E-state index is 0.227. The van der Waals surface area contributed by atoms with Crippen LogP contribution in [0.5, 0.6) is 0 Å². The normalized spacial score (nSPS) is 14.4. The van der Waals surface area contributed by atoms with Crippen molar-refractivity contribution in [1.29, 1.82) is 0 Å². The Morgan fingerprint density at radius 1 is 0.833 bits per heavy atom. The molecule has 2 aromatic carbocycles. The van der Waals surface area contributed by atoms with Crippen LogP contribution in [0.25, 0.3) is 0 Å². The molecule has 2 heterocycles. The lowest BCUT2D eigenvalue weighted by atomic mass is 9.84. The Labute approximate surface area is 290 Å². The molecular formula is C39H62N2O7. The number of benzene rings is 2. The van der Waals surface area contributed by atoms with Gasteiger partial charge in [-0.25, -0.2) is 0 Å². The van der Waals surface area contributed by atoms with Crippen LogP contribution in [0.1, 0.15) is 97.6 Å². The Hall–Kier alpha value is -3.98. The molecule has 2 saturated heterocycles. The third-order valence-corrected chi connectivity index (χ3v) is 7.99. The summed E-state index contributed by atoms with van der Waals surface area (Å²) in [6, 6.07) is 21.3. The van der Waals surface area contributed by atoms with Crippen molar-refractivity contribution in [2.24, 2.45) is 5.41 Å². The van der Waals surface area contributed by atoms with Gasteiger partial charge in [0.15, 0.2) is 0 Å². The van der Waals surface area contributed by atoms with Crippen molar-refractivity contribution in [3.63, 3.8) is 0 Å². The summed E-state index contributed by atoms with van der Waals surface area (Å²) in [5, 5.41) is 6.89. The Bertz CT molecular complexity index is 1090. The lowest BCUT2D eigenvalue weighted by Crippen LogP contribution is -2.41. The number of likely N-dealkylation sites (N-methyl/N-ethyl adjacent to an activating group) is 1. The highest BCUT2D eigenvalue weighted by Crippen LogP contribution is 2.23. The summed E-state index contributed by atoms with van der Waals surface area (Å²) in [6.45, 7) is 18.0. The number of likely N-dealkylation sites (tertiary alicyclic amines) is 2. The van der Waals surface area contributed by atoms with Crippen LogP contribution >= 0.6 is 0 Å². The number of Topliss-reactive ketones (excluding diaryl/α,β-unsaturated/α-hetero) is 2. The molecule has 48 heavy (non-hydrogen) atoms. The van der Waals surface area contributed by atoms with Crippen LogP contribution in [-0.2, 0) is 41.6 Å². The van der Waals surface area contributed by atoms with Crippen LogP contribution < -0.4 is 0 Å². The van der Waals surface area contributed by atoms with Crippen molar-refractivity contribution in [2.75, 3.05) is 26.7 Å². The van der Waals surface area contributed by atoms with Crippen LogP contribution in [0.3, 0.4) is 0 Å². The van der Waals surface area contributed by atoms with E-state index >= 15 is 0 Å². The van der Waals surface area contributed by atoms with Crippen LogP contribution in [0.15, 0.2) is 60.7 Å². The molecule has 270 valence electrons. The van der Waals surface area contributed by atoms with E-state index in [9.17, 15) is 14.4 Å². The molecule has 9 nitrogen and oxygen atoms in total. The minimum Gasteiger partial charge on any atom is -0.483 e.